The summed E-state index contributed by atoms with van der Waals surface area (Å²) in [7, 11) is 0. The van der Waals surface area contributed by atoms with Crippen molar-refractivity contribution in [3.63, 3.8) is 0 Å². The van der Waals surface area contributed by atoms with Crippen LogP contribution in [0.5, 0.6) is 0 Å². The van der Waals surface area contributed by atoms with Crippen LogP contribution in [0.1, 0.15) is 62.0 Å². The second kappa shape index (κ2) is 8.55. The Morgan fingerprint density at radius 1 is 1.14 bits per heavy atom. The van der Waals surface area contributed by atoms with Crippen LogP contribution in [0.3, 0.4) is 0 Å². The second-order valence-corrected chi connectivity index (χ2v) is 7.77. The first-order valence-corrected chi connectivity index (χ1v) is 10.1. The van der Waals surface area contributed by atoms with Crippen molar-refractivity contribution in [2.75, 3.05) is 4.90 Å². The first-order valence-electron chi connectivity index (χ1n) is 10.1. The topological polar surface area (TPSA) is 62.3 Å². The highest BCUT2D eigenvalue weighted by atomic mass is 16.2. The van der Waals surface area contributed by atoms with Gasteiger partial charge in [-0.3, -0.25) is 19.5 Å². The van der Waals surface area contributed by atoms with Crippen molar-refractivity contribution < 1.29 is 9.59 Å². The van der Waals surface area contributed by atoms with Crippen LogP contribution in [0.2, 0.25) is 0 Å². The minimum atomic E-state index is -1.01. The minimum Gasteiger partial charge on any atom is -0.351 e. The van der Waals surface area contributed by atoms with Crippen LogP contribution in [-0.2, 0) is 4.79 Å². The summed E-state index contributed by atoms with van der Waals surface area (Å²) in [6.07, 6.45) is 6.39. The molecule has 1 fully saturated rings. The summed E-state index contributed by atoms with van der Waals surface area (Å²) in [5.41, 5.74) is 1.12. The number of anilines is 1. The Bertz CT molecular complexity index is 814. The maximum absolute atomic E-state index is 13.5. The third-order valence-corrected chi connectivity index (χ3v) is 5.74. The molecular formula is C23H29N3O2. The summed E-state index contributed by atoms with van der Waals surface area (Å²) >= 11 is 0. The zero-order valence-corrected chi connectivity index (χ0v) is 16.9. The first-order chi connectivity index (χ1) is 13.5. The summed E-state index contributed by atoms with van der Waals surface area (Å²) < 4.78 is 0. The molecule has 1 aliphatic carbocycles. The number of aryl methyl sites for hydroxylation is 1. The molecule has 1 atom stereocenters. The van der Waals surface area contributed by atoms with E-state index in [1.807, 2.05) is 45.0 Å². The van der Waals surface area contributed by atoms with E-state index in [4.69, 9.17) is 0 Å². The number of pyridine rings is 1. The van der Waals surface area contributed by atoms with Gasteiger partial charge in [0.1, 0.15) is 11.2 Å². The van der Waals surface area contributed by atoms with Gasteiger partial charge in [0, 0.05) is 17.9 Å². The maximum atomic E-state index is 13.5. The molecule has 5 heteroatoms. The zero-order valence-electron chi connectivity index (χ0n) is 16.9. The normalized spacial score (nSPS) is 16.4. The molecule has 0 saturated heterocycles. The molecule has 2 amide bonds. The fourth-order valence-electron chi connectivity index (χ4n) is 3.76. The SMILES string of the molecule is CC[C@@](C)(C(=O)NC1CCCC1)N(C(=O)c1ccccn1)c1ccc(C)cc1. The Morgan fingerprint density at radius 3 is 2.39 bits per heavy atom. The van der Waals surface area contributed by atoms with Gasteiger partial charge in [0.25, 0.3) is 5.91 Å². The number of hydrogen-bond acceptors (Lipinski definition) is 3. The van der Waals surface area contributed by atoms with E-state index in [-0.39, 0.29) is 17.9 Å². The molecule has 1 saturated carbocycles. The molecule has 0 bridgehead atoms. The molecule has 0 unspecified atom stereocenters. The molecule has 1 N–H and O–H groups in total. The number of carbonyl (C=O) groups is 2. The van der Waals surface area contributed by atoms with Crippen LogP contribution in [-0.4, -0.2) is 28.4 Å². The number of hydrogen-bond donors (Lipinski definition) is 1. The second-order valence-electron chi connectivity index (χ2n) is 7.77. The molecule has 1 aliphatic rings. The molecule has 1 heterocycles. The van der Waals surface area contributed by atoms with E-state index < -0.39 is 5.54 Å². The standard InChI is InChI=1S/C23H29N3O2/c1-4-23(3,22(28)25-18-9-5-6-10-18)26(19-14-12-17(2)13-15-19)21(27)20-11-7-8-16-24-20/h7-8,11-16,18H,4-6,9-10H2,1-3H3,(H,25,28)/t23-/m0/s1. The molecule has 5 nitrogen and oxygen atoms in total. The highest BCUT2D eigenvalue weighted by molar-refractivity contribution is 6.10. The molecule has 28 heavy (non-hydrogen) atoms. The highest BCUT2D eigenvalue weighted by Crippen LogP contribution is 2.30. The summed E-state index contributed by atoms with van der Waals surface area (Å²) in [4.78, 5) is 32.6. The van der Waals surface area contributed by atoms with Gasteiger partial charge in [0.05, 0.1) is 0 Å². The lowest BCUT2D eigenvalue weighted by atomic mass is 9.92. The number of amides is 2. The van der Waals surface area contributed by atoms with Gasteiger partial charge in [-0.15, -0.1) is 0 Å². The Kier molecular flexibility index (Phi) is 6.12. The number of nitrogens with one attached hydrogen (secondary N) is 1. The average Bonchev–Trinajstić information content (AvgIpc) is 3.23. The lowest BCUT2D eigenvalue weighted by Gasteiger charge is -2.40. The Balaban J connectivity index is 2.00. The number of rotatable bonds is 6. The Morgan fingerprint density at radius 2 is 1.82 bits per heavy atom. The fraction of sp³-hybridized carbons (Fsp3) is 0.435. The molecular weight excluding hydrogens is 350 g/mol. The largest absolute Gasteiger partial charge is 0.351 e. The van der Waals surface area contributed by atoms with Crippen LogP contribution in [0.15, 0.2) is 48.7 Å². The van der Waals surface area contributed by atoms with Crippen LogP contribution >= 0.6 is 0 Å². The Hall–Kier alpha value is -2.69. The molecule has 1 aromatic carbocycles. The van der Waals surface area contributed by atoms with Crippen molar-refractivity contribution in [1.82, 2.24) is 10.3 Å². The van der Waals surface area contributed by atoms with Gasteiger partial charge >= 0.3 is 0 Å². The van der Waals surface area contributed by atoms with Crippen molar-refractivity contribution in [2.24, 2.45) is 0 Å². The van der Waals surface area contributed by atoms with Gasteiger partial charge in [-0.2, -0.15) is 0 Å². The molecule has 0 aliphatic heterocycles. The van der Waals surface area contributed by atoms with Crippen molar-refractivity contribution in [1.29, 1.82) is 0 Å². The van der Waals surface area contributed by atoms with Crippen LogP contribution in [0.25, 0.3) is 0 Å². The predicted octanol–water partition coefficient (Wildman–Crippen LogP) is 4.26. The molecule has 1 aromatic heterocycles. The first kappa shape index (κ1) is 20.1. The third kappa shape index (κ3) is 4.08. The summed E-state index contributed by atoms with van der Waals surface area (Å²) in [5, 5.41) is 3.19. The van der Waals surface area contributed by atoms with Gasteiger partial charge in [-0.05, 0) is 57.4 Å². The van der Waals surface area contributed by atoms with Gasteiger partial charge in [-0.25, -0.2) is 0 Å². The highest BCUT2D eigenvalue weighted by Gasteiger charge is 2.43. The summed E-state index contributed by atoms with van der Waals surface area (Å²) in [6.45, 7) is 5.79. The van der Waals surface area contributed by atoms with Gasteiger partial charge in [0.2, 0.25) is 5.91 Å². The van der Waals surface area contributed by atoms with Crippen molar-refractivity contribution >= 4 is 17.5 Å². The number of carbonyl (C=O) groups excluding carboxylic acids is 2. The molecule has 0 spiro atoms. The smallest absolute Gasteiger partial charge is 0.277 e. The summed E-state index contributed by atoms with van der Waals surface area (Å²) in [6, 6.07) is 13.2. The van der Waals surface area contributed by atoms with E-state index in [2.05, 4.69) is 10.3 Å². The van der Waals surface area contributed by atoms with Crippen molar-refractivity contribution in [2.45, 2.75) is 64.5 Å². The van der Waals surface area contributed by atoms with Gasteiger partial charge in [0.15, 0.2) is 0 Å². The third-order valence-electron chi connectivity index (χ3n) is 5.74. The van der Waals surface area contributed by atoms with Gasteiger partial charge in [-0.1, -0.05) is 43.5 Å². The van der Waals surface area contributed by atoms with Crippen molar-refractivity contribution in [3.8, 4) is 0 Å². The molecule has 0 radical (unpaired) electrons. The van der Waals surface area contributed by atoms with E-state index in [0.717, 1.165) is 31.2 Å². The predicted molar refractivity (Wildman–Crippen MR) is 111 cm³/mol. The van der Waals surface area contributed by atoms with Gasteiger partial charge < -0.3 is 5.32 Å². The lowest BCUT2D eigenvalue weighted by molar-refractivity contribution is -0.126. The molecule has 3 rings (SSSR count). The number of benzene rings is 1. The van der Waals surface area contributed by atoms with Crippen LogP contribution in [0.4, 0.5) is 5.69 Å². The molecule has 148 valence electrons. The number of nitrogens with zero attached hydrogens (tertiary/aromatic N) is 2. The number of aromatic nitrogens is 1. The maximum Gasteiger partial charge on any atom is 0.277 e. The Labute approximate surface area is 167 Å². The fourth-order valence-corrected chi connectivity index (χ4v) is 3.76. The van der Waals surface area contributed by atoms with E-state index in [1.54, 1.807) is 29.3 Å². The zero-order chi connectivity index (χ0) is 20.1. The van der Waals surface area contributed by atoms with E-state index >= 15 is 0 Å². The van der Waals surface area contributed by atoms with Crippen molar-refractivity contribution in [3.05, 3.63) is 59.9 Å². The quantitative estimate of drug-likeness (QED) is 0.815. The van der Waals surface area contributed by atoms with Crippen LogP contribution < -0.4 is 10.2 Å². The van der Waals surface area contributed by atoms with E-state index in [1.165, 1.54) is 0 Å². The summed E-state index contributed by atoms with van der Waals surface area (Å²) in [5.74, 6) is -0.373. The monoisotopic (exact) mass is 379 g/mol. The average molecular weight is 380 g/mol. The minimum absolute atomic E-state index is 0.105. The molecule has 2 aromatic rings. The van der Waals surface area contributed by atoms with E-state index in [0.29, 0.717) is 17.8 Å². The van der Waals surface area contributed by atoms with Crippen LogP contribution in [0, 0.1) is 6.92 Å². The lowest BCUT2D eigenvalue weighted by Crippen LogP contribution is -2.60. The van der Waals surface area contributed by atoms with E-state index in [9.17, 15) is 9.59 Å².